The van der Waals surface area contributed by atoms with Gasteiger partial charge in [-0.15, -0.1) is 6.58 Å². The van der Waals surface area contributed by atoms with Crippen LogP contribution in [0.15, 0.2) is 35.3 Å². The highest BCUT2D eigenvalue weighted by molar-refractivity contribution is 9.10. The Morgan fingerprint density at radius 1 is 1.69 bits per heavy atom. The molecule has 0 bridgehead atoms. The van der Waals surface area contributed by atoms with Crippen LogP contribution in [0.25, 0.3) is 0 Å². The van der Waals surface area contributed by atoms with Crippen LogP contribution in [0.5, 0.6) is 0 Å². The highest BCUT2D eigenvalue weighted by atomic mass is 79.9. The van der Waals surface area contributed by atoms with Gasteiger partial charge < -0.3 is 5.11 Å². The molecule has 0 aliphatic carbocycles. The molecule has 86 valence electrons. The summed E-state index contributed by atoms with van der Waals surface area (Å²) in [4.78, 5) is 11.0. The standard InChI is InChI=1S/C12H12BrFO2/c1-3-12(2,11(15)16)7-8-4-5-9(13)6-10(8)14/h3-6H,1,7H2,2H3,(H,15,16). The number of carbonyl (C=O) groups is 1. The van der Waals surface area contributed by atoms with E-state index in [9.17, 15) is 9.18 Å². The molecule has 1 unspecified atom stereocenters. The van der Waals surface area contributed by atoms with Crippen molar-refractivity contribution < 1.29 is 14.3 Å². The SMILES string of the molecule is C=CC(C)(Cc1ccc(Br)cc1F)C(=O)O. The summed E-state index contributed by atoms with van der Waals surface area (Å²) in [5, 5.41) is 9.04. The number of hydrogen-bond donors (Lipinski definition) is 1. The minimum absolute atomic E-state index is 0.0882. The molecule has 1 N–H and O–H groups in total. The number of rotatable bonds is 4. The first-order chi connectivity index (χ1) is 7.39. The molecule has 0 saturated carbocycles. The van der Waals surface area contributed by atoms with Gasteiger partial charge >= 0.3 is 5.97 Å². The molecule has 0 radical (unpaired) electrons. The van der Waals surface area contributed by atoms with Gasteiger partial charge in [0.05, 0.1) is 5.41 Å². The topological polar surface area (TPSA) is 37.3 Å². The lowest BCUT2D eigenvalue weighted by molar-refractivity contribution is -0.145. The highest BCUT2D eigenvalue weighted by Gasteiger charge is 2.30. The molecule has 0 heterocycles. The minimum Gasteiger partial charge on any atom is -0.481 e. The van der Waals surface area contributed by atoms with Crippen LogP contribution < -0.4 is 0 Å². The summed E-state index contributed by atoms with van der Waals surface area (Å²) in [6.07, 6.45) is 1.42. The van der Waals surface area contributed by atoms with Crippen molar-refractivity contribution in [3.63, 3.8) is 0 Å². The summed E-state index contributed by atoms with van der Waals surface area (Å²) in [7, 11) is 0. The first kappa shape index (κ1) is 12.9. The van der Waals surface area contributed by atoms with Crippen molar-refractivity contribution in [3.05, 3.63) is 46.7 Å². The molecule has 16 heavy (non-hydrogen) atoms. The quantitative estimate of drug-likeness (QED) is 0.862. The van der Waals surface area contributed by atoms with E-state index in [-0.39, 0.29) is 6.42 Å². The molecule has 0 saturated heterocycles. The zero-order chi connectivity index (χ0) is 12.3. The van der Waals surface area contributed by atoms with Crippen LogP contribution in [0.4, 0.5) is 4.39 Å². The van der Waals surface area contributed by atoms with Crippen molar-refractivity contribution in [3.8, 4) is 0 Å². The molecule has 0 amide bonds. The predicted octanol–water partition coefficient (Wildman–Crippen LogP) is 3.41. The molecule has 0 aromatic heterocycles. The smallest absolute Gasteiger partial charge is 0.313 e. The Morgan fingerprint density at radius 3 is 2.75 bits per heavy atom. The van der Waals surface area contributed by atoms with Crippen molar-refractivity contribution in [2.45, 2.75) is 13.3 Å². The molecule has 0 fully saturated rings. The predicted molar refractivity (Wildman–Crippen MR) is 63.7 cm³/mol. The molecule has 1 aromatic rings. The molecule has 0 aliphatic heterocycles. The van der Waals surface area contributed by atoms with E-state index in [1.54, 1.807) is 12.1 Å². The van der Waals surface area contributed by atoms with Crippen molar-refractivity contribution >= 4 is 21.9 Å². The monoisotopic (exact) mass is 286 g/mol. The maximum Gasteiger partial charge on any atom is 0.313 e. The van der Waals surface area contributed by atoms with Crippen LogP contribution in [-0.2, 0) is 11.2 Å². The Labute approximate surface area is 102 Å². The van der Waals surface area contributed by atoms with Crippen molar-refractivity contribution in [2.75, 3.05) is 0 Å². The Morgan fingerprint density at radius 2 is 2.31 bits per heavy atom. The molecule has 2 nitrogen and oxygen atoms in total. The molecule has 4 heteroatoms. The van der Waals surface area contributed by atoms with Gasteiger partial charge in [0.15, 0.2) is 0 Å². The van der Waals surface area contributed by atoms with E-state index < -0.39 is 17.2 Å². The fourth-order valence-electron chi connectivity index (χ4n) is 1.30. The second-order valence-electron chi connectivity index (χ2n) is 3.84. The molecular weight excluding hydrogens is 275 g/mol. The summed E-state index contributed by atoms with van der Waals surface area (Å²) in [5.41, 5.74) is -0.776. The molecule has 0 spiro atoms. The largest absolute Gasteiger partial charge is 0.481 e. The Hall–Kier alpha value is -1.16. The first-order valence-electron chi connectivity index (χ1n) is 4.70. The van der Waals surface area contributed by atoms with E-state index in [0.29, 0.717) is 10.0 Å². The number of halogens is 2. The second kappa shape index (κ2) is 4.78. The van der Waals surface area contributed by atoms with Crippen molar-refractivity contribution in [2.24, 2.45) is 5.41 Å². The van der Waals surface area contributed by atoms with Crippen LogP contribution in [0.3, 0.4) is 0 Å². The van der Waals surface area contributed by atoms with Crippen LogP contribution in [0, 0.1) is 11.2 Å². The minimum atomic E-state index is -1.14. The van der Waals surface area contributed by atoms with E-state index in [1.807, 2.05) is 0 Å². The van der Waals surface area contributed by atoms with Gasteiger partial charge in [-0.2, -0.15) is 0 Å². The van der Waals surface area contributed by atoms with Crippen LogP contribution in [-0.4, -0.2) is 11.1 Å². The fraction of sp³-hybridized carbons (Fsp3) is 0.250. The van der Waals surface area contributed by atoms with E-state index in [1.165, 1.54) is 19.1 Å². The molecule has 1 atom stereocenters. The third-order valence-corrected chi connectivity index (χ3v) is 3.01. The number of aliphatic carboxylic acids is 1. The summed E-state index contributed by atoms with van der Waals surface area (Å²) in [6, 6.07) is 4.58. The van der Waals surface area contributed by atoms with Gasteiger partial charge in [0, 0.05) is 4.47 Å². The van der Waals surface area contributed by atoms with Crippen molar-refractivity contribution in [1.82, 2.24) is 0 Å². The Balaban J connectivity index is 3.04. The van der Waals surface area contributed by atoms with Gasteiger partial charge in [-0.1, -0.05) is 28.1 Å². The summed E-state index contributed by atoms with van der Waals surface area (Å²) >= 11 is 3.15. The maximum atomic E-state index is 13.5. The summed E-state index contributed by atoms with van der Waals surface area (Å²) < 4.78 is 14.2. The highest BCUT2D eigenvalue weighted by Crippen LogP contribution is 2.26. The van der Waals surface area contributed by atoms with Gasteiger partial charge in [-0.05, 0) is 31.0 Å². The van der Waals surface area contributed by atoms with Crippen molar-refractivity contribution in [1.29, 1.82) is 0 Å². The average molecular weight is 287 g/mol. The van der Waals surface area contributed by atoms with Gasteiger partial charge in [-0.3, -0.25) is 4.79 Å². The average Bonchev–Trinajstić information content (AvgIpc) is 2.22. The van der Waals surface area contributed by atoms with Gasteiger partial charge in [0.25, 0.3) is 0 Å². The number of carboxylic acids is 1. The van der Waals surface area contributed by atoms with Crippen LogP contribution >= 0.6 is 15.9 Å². The summed E-state index contributed by atoms with van der Waals surface area (Å²) in [5.74, 6) is -1.42. The Bertz CT molecular complexity index is 431. The number of carboxylic acid groups (broad SMARTS) is 1. The first-order valence-corrected chi connectivity index (χ1v) is 5.49. The van der Waals surface area contributed by atoms with Gasteiger partial charge in [0.2, 0.25) is 0 Å². The van der Waals surface area contributed by atoms with E-state index in [0.717, 1.165) is 0 Å². The van der Waals surface area contributed by atoms with Crippen LogP contribution in [0.1, 0.15) is 12.5 Å². The van der Waals surface area contributed by atoms with E-state index in [2.05, 4.69) is 22.5 Å². The second-order valence-corrected chi connectivity index (χ2v) is 4.75. The Kier molecular flexibility index (Phi) is 3.86. The maximum absolute atomic E-state index is 13.5. The molecule has 1 rings (SSSR count). The van der Waals surface area contributed by atoms with Gasteiger partial charge in [-0.25, -0.2) is 4.39 Å². The lowest BCUT2D eigenvalue weighted by atomic mass is 9.84. The lowest BCUT2D eigenvalue weighted by Gasteiger charge is -2.20. The fourth-order valence-corrected chi connectivity index (χ4v) is 1.63. The number of hydrogen-bond acceptors (Lipinski definition) is 1. The normalized spacial score (nSPS) is 14.2. The molecular formula is C12H12BrFO2. The third-order valence-electron chi connectivity index (χ3n) is 2.51. The third kappa shape index (κ3) is 2.70. The molecule has 0 aliphatic rings. The van der Waals surface area contributed by atoms with E-state index >= 15 is 0 Å². The van der Waals surface area contributed by atoms with Crippen LogP contribution in [0.2, 0.25) is 0 Å². The molecule has 1 aromatic carbocycles. The van der Waals surface area contributed by atoms with E-state index in [4.69, 9.17) is 5.11 Å². The summed E-state index contributed by atoms with van der Waals surface area (Å²) in [6.45, 7) is 5.00. The zero-order valence-corrected chi connectivity index (χ0v) is 10.4. The number of benzene rings is 1. The zero-order valence-electron chi connectivity index (χ0n) is 8.84. The lowest BCUT2D eigenvalue weighted by Crippen LogP contribution is -2.27. The van der Waals surface area contributed by atoms with Gasteiger partial charge in [0.1, 0.15) is 5.82 Å².